The van der Waals surface area contributed by atoms with Gasteiger partial charge in [0.2, 0.25) is 10.0 Å². The monoisotopic (exact) mass is 629 g/mol. The molecule has 0 unspecified atom stereocenters. The van der Waals surface area contributed by atoms with E-state index in [4.69, 9.17) is 9.47 Å². The lowest BCUT2D eigenvalue weighted by molar-refractivity contribution is -0.00835. The van der Waals surface area contributed by atoms with Crippen LogP contribution >= 0.6 is 0 Å². The number of aromatic nitrogens is 2. The molecule has 3 rings (SSSR count). The second-order valence-corrected chi connectivity index (χ2v) is 14.8. The molecular formula is C27H43N5O8S2. The van der Waals surface area contributed by atoms with Crippen molar-refractivity contribution in [2.75, 3.05) is 44.3 Å². The Kier molecular flexibility index (Phi) is 11.4. The average molecular weight is 630 g/mol. The second kappa shape index (κ2) is 14.2. The van der Waals surface area contributed by atoms with Crippen LogP contribution < -0.4 is 9.46 Å². The lowest BCUT2D eigenvalue weighted by atomic mass is 10.0. The van der Waals surface area contributed by atoms with Crippen LogP contribution in [0.3, 0.4) is 0 Å². The van der Waals surface area contributed by atoms with Crippen molar-refractivity contribution in [1.29, 1.82) is 0 Å². The molecule has 0 bridgehead atoms. The van der Waals surface area contributed by atoms with E-state index in [0.717, 1.165) is 12.7 Å². The molecule has 4 atom stereocenters. The summed E-state index contributed by atoms with van der Waals surface area (Å²) in [5.74, 6) is -0.513. The SMILES string of the molecule is C[C@H](CO)N1C[C@H](C)[C@@H](CN(C)S(=O)(=O)c2cn(C)cn2)OCCCC[C@H](C)Oc2ccc(NS(C)(=O)=O)cc2C1=O. The number of nitrogens with zero attached hydrogens (tertiary/aromatic N) is 4. The number of rotatable bonds is 8. The smallest absolute Gasteiger partial charge is 0.261 e. The molecule has 2 heterocycles. The summed E-state index contributed by atoms with van der Waals surface area (Å²) in [7, 11) is -4.34. The van der Waals surface area contributed by atoms with Gasteiger partial charge in [0.05, 0.1) is 43.0 Å². The van der Waals surface area contributed by atoms with Gasteiger partial charge in [-0.1, -0.05) is 6.92 Å². The highest BCUT2D eigenvalue weighted by Gasteiger charge is 2.33. The third-order valence-corrected chi connectivity index (χ3v) is 9.46. The first kappa shape index (κ1) is 33.8. The summed E-state index contributed by atoms with van der Waals surface area (Å²) in [6.07, 6.45) is 5.20. The highest BCUT2D eigenvalue weighted by Crippen LogP contribution is 2.29. The van der Waals surface area contributed by atoms with E-state index < -0.39 is 38.1 Å². The predicted molar refractivity (Wildman–Crippen MR) is 158 cm³/mol. The molecule has 15 heteroatoms. The Morgan fingerprint density at radius 1 is 1.21 bits per heavy atom. The number of ether oxygens (including phenoxy) is 2. The standard InChI is InChI=1S/C27H43N5O8S2/c1-19-14-32(20(2)17-33)27(34)23-13-22(29-41(6,35)36)10-11-24(23)40-21(3)9-7-8-12-39-25(19)15-31(5)42(37,38)26-16-30(4)18-28-26/h10-11,13,16,18-21,25,29,33H,7-9,12,14-15,17H2,1-6H3/t19-,20+,21-,25+/m0/s1. The minimum absolute atomic E-state index is 0.0220. The van der Waals surface area contributed by atoms with Gasteiger partial charge in [-0.2, -0.15) is 4.31 Å². The number of hydrogen-bond acceptors (Lipinski definition) is 9. The van der Waals surface area contributed by atoms with Crippen LogP contribution in [0.4, 0.5) is 5.69 Å². The number of aliphatic hydroxyl groups is 1. The Balaban J connectivity index is 1.98. The molecule has 1 aliphatic rings. The van der Waals surface area contributed by atoms with E-state index in [9.17, 15) is 26.7 Å². The maximum Gasteiger partial charge on any atom is 0.261 e. The van der Waals surface area contributed by atoms with Crippen molar-refractivity contribution < 1.29 is 36.2 Å². The van der Waals surface area contributed by atoms with Gasteiger partial charge in [0.15, 0.2) is 5.03 Å². The first-order valence-electron chi connectivity index (χ1n) is 13.9. The molecule has 1 aromatic heterocycles. The van der Waals surface area contributed by atoms with Crippen molar-refractivity contribution in [3.63, 3.8) is 0 Å². The molecule has 1 amide bonds. The molecule has 236 valence electrons. The molecule has 0 saturated carbocycles. The first-order chi connectivity index (χ1) is 19.6. The molecular weight excluding hydrogens is 586 g/mol. The number of carbonyl (C=O) groups excluding carboxylic acids is 1. The van der Waals surface area contributed by atoms with Crippen molar-refractivity contribution in [3.8, 4) is 5.75 Å². The number of amides is 1. The number of benzene rings is 1. The van der Waals surface area contributed by atoms with Crippen LogP contribution in [0, 0.1) is 5.92 Å². The van der Waals surface area contributed by atoms with Gasteiger partial charge >= 0.3 is 0 Å². The largest absolute Gasteiger partial charge is 0.490 e. The van der Waals surface area contributed by atoms with E-state index in [2.05, 4.69) is 9.71 Å². The summed E-state index contributed by atoms with van der Waals surface area (Å²) in [4.78, 5) is 19.5. The number of aryl methyl sites for hydroxylation is 1. The number of sulfonamides is 2. The zero-order valence-corrected chi connectivity index (χ0v) is 26.7. The summed E-state index contributed by atoms with van der Waals surface area (Å²) in [6.45, 7) is 5.66. The fourth-order valence-electron chi connectivity index (χ4n) is 4.70. The normalized spacial score (nSPS) is 22.2. The Bertz CT molecular complexity index is 1430. The van der Waals surface area contributed by atoms with Crippen LogP contribution in [-0.4, -0.2) is 104 Å². The molecule has 0 saturated heterocycles. The van der Waals surface area contributed by atoms with Crippen molar-refractivity contribution in [2.45, 2.75) is 63.3 Å². The Hall–Kier alpha value is -2.72. The molecule has 2 aromatic rings. The average Bonchev–Trinajstić information content (AvgIpc) is 3.36. The third kappa shape index (κ3) is 8.89. The summed E-state index contributed by atoms with van der Waals surface area (Å²) in [5, 5.41) is 9.99. The lowest BCUT2D eigenvalue weighted by Gasteiger charge is -2.35. The summed E-state index contributed by atoms with van der Waals surface area (Å²) in [6, 6.07) is 3.92. The number of hydrogen-bond donors (Lipinski definition) is 2. The topological polar surface area (TPSA) is 160 Å². The van der Waals surface area contributed by atoms with Crippen molar-refractivity contribution in [3.05, 3.63) is 36.3 Å². The molecule has 2 N–H and O–H groups in total. The van der Waals surface area contributed by atoms with E-state index in [1.807, 2.05) is 13.8 Å². The fourth-order valence-corrected chi connectivity index (χ4v) is 6.39. The van der Waals surface area contributed by atoms with Crippen LogP contribution in [0.1, 0.15) is 50.4 Å². The molecule has 0 fully saturated rings. The maximum absolute atomic E-state index is 14.1. The number of carbonyl (C=O) groups is 1. The molecule has 1 aromatic carbocycles. The number of fused-ring (bicyclic) bond motifs is 1. The molecule has 0 spiro atoms. The maximum atomic E-state index is 14.1. The van der Waals surface area contributed by atoms with Gasteiger partial charge in [-0.05, 0) is 51.3 Å². The van der Waals surface area contributed by atoms with E-state index >= 15 is 0 Å². The quantitative estimate of drug-likeness (QED) is 0.445. The zero-order chi connectivity index (χ0) is 31.2. The van der Waals surface area contributed by atoms with Crippen molar-refractivity contribution in [2.24, 2.45) is 13.0 Å². The number of aliphatic hydroxyl groups excluding tert-OH is 1. The molecule has 0 radical (unpaired) electrons. The van der Waals surface area contributed by atoms with E-state index in [-0.39, 0.29) is 48.0 Å². The number of likely N-dealkylation sites (N-methyl/N-ethyl adjacent to an activating group) is 1. The molecule has 42 heavy (non-hydrogen) atoms. The van der Waals surface area contributed by atoms with Gasteiger partial charge in [-0.15, -0.1) is 0 Å². The summed E-state index contributed by atoms with van der Waals surface area (Å²) < 4.78 is 67.7. The van der Waals surface area contributed by atoms with E-state index in [0.29, 0.717) is 25.2 Å². The van der Waals surface area contributed by atoms with Crippen LogP contribution in [0.15, 0.2) is 35.7 Å². The summed E-state index contributed by atoms with van der Waals surface area (Å²) >= 11 is 0. The van der Waals surface area contributed by atoms with Crippen molar-refractivity contribution >= 4 is 31.6 Å². The van der Waals surface area contributed by atoms with E-state index in [1.54, 1.807) is 24.6 Å². The molecule has 0 aliphatic carbocycles. The van der Waals surface area contributed by atoms with Gasteiger partial charge in [0, 0.05) is 51.6 Å². The van der Waals surface area contributed by atoms with Gasteiger partial charge in [0.1, 0.15) is 5.75 Å². The summed E-state index contributed by atoms with van der Waals surface area (Å²) in [5.41, 5.74) is 0.349. The van der Waals surface area contributed by atoms with Crippen LogP contribution in [0.25, 0.3) is 0 Å². The highest BCUT2D eigenvalue weighted by atomic mass is 32.2. The van der Waals surface area contributed by atoms with Gasteiger partial charge in [0.25, 0.3) is 15.9 Å². The predicted octanol–water partition coefficient (Wildman–Crippen LogP) is 1.91. The third-order valence-electron chi connectivity index (χ3n) is 7.15. The van der Waals surface area contributed by atoms with Crippen LogP contribution in [-0.2, 0) is 31.8 Å². The van der Waals surface area contributed by atoms with E-state index in [1.165, 1.54) is 40.9 Å². The minimum atomic E-state index is -3.89. The number of imidazole rings is 1. The number of nitrogens with one attached hydrogen (secondary N) is 1. The molecule has 1 aliphatic heterocycles. The minimum Gasteiger partial charge on any atom is -0.490 e. The zero-order valence-electron chi connectivity index (χ0n) is 25.1. The second-order valence-electron chi connectivity index (χ2n) is 11.0. The highest BCUT2D eigenvalue weighted by molar-refractivity contribution is 7.92. The Morgan fingerprint density at radius 2 is 1.93 bits per heavy atom. The Morgan fingerprint density at radius 3 is 2.55 bits per heavy atom. The van der Waals surface area contributed by atoms with Gasteiger partial charge < -0.3 is 24.0 Å². The van der Waals surface area contributed by atoms with Crippen LogP contribution in [0.5, 0.6) is 5.75 Å². The number of anilines is 1. The first-order valence-corrected chi connectivity index (χ1v) is 17.2. The molecule has 13 nitrogen and oxygen atoms in total. The van der Waals surface area contributed by atoms with Gasteiger partial charge in [-0.25, -0.2) is 21.8 Å². The van der Waals surface area contributed by atoms with Crippen molar-refractivity contribution in [1.82, 2.24) is 18.8 Å². The fraction of sp³-hybridized carbons (Fsp3) is 0.630. The lowest BCUT2D eigenvalue weighted by Crippen LogP contribution is -2.48. The Labute approximate surface area is 248 Å². The van der Waals surface area contributed by atoms with Crippen LogP contribution in [0.2, 0.25) is 0 Å². The van der Waals surface area contributed by atoms with Gasteiger partial charge in [-0.3, -0.25) is 9.52 Å².